The van der Waals surface area contributed by atoms with E-state index in [1.165, 1.54) is 0 Å². The maximum Gasteiger partial charge on any atom is 0.288 e. The van der Waals surface area contributed by atoms with Gasteiger partial charge in [0.15, 0.2) is 0 Å². The Balaban J connectivity index is 2.23. The first kappa shape index (κ1) is 16.7. The van der Waals surface area contributed by atoms with Gasteiger partial charge in [0.25, 0.3) is 11.6 Å². The van der Waals surface area contributed by atoms with Crippen LogP contribution in [0.3, 0.4) is 0 Å². The highest BCUT2D eigenvalue weighted by Gasteiger charge is 2.36. The molecule has 0 radical (unpaired) electrons. The fraction of sp³-hybridized carbons (Fsp3) is 0.500. The lowest BCUT2D eigenvalue weighted by Crippen LogP contribution is -2.43. The van der Waals surface area contributed by atoms with Gasteiger partial charge < -0.3 is 16.0 Å². The minimum absolute atomic E-state index is 0.00228. The first-order chi connectivity index (χ1) is 10.6. The number of nitrogens with two attached hydrogens (primary N) is 1. The van der Waals surface area contributed by atoms with Gasteiger partial charge >= 0.3 is 0 Å². The summed E-state index contributed by atoms with van der Waals surface area (Å²) in [5.41, 5.74) is 4.58. The fourth-order valence-corrected chi connectivity index (χ4v) is 2.50. The predicted octanol–water partition coefficient (Wildman–Crippen LogP) is 0.900. The number of pyridine rings is 1. The van der Waals surface area contributed by atoms with E-state index in [9.17, 15) is 19.7 Å². The van der Waals surface area contributed by atoms with Crippen LogP contribution in [0.4, 0.5) is 11.5 Å². The summed E-state index contributed by atoms with van der Waals surface area (Å²) in [6, 6.07) is 0.837. The molecular formula is C14H19N5O4. The molecule has 9 heteroatoms. The van der Waals surface area contributed by atoms with Gasteiger partial charge in [0, 0.05) is 24.6 Å². The van der Waals surface area contributed by atoms with Crippen molar-refractivity contribution in [3.8, 4) is 0 Å². The molecule has 1 aromatic rings. The number of carbonyl (C=O) groups is 2. The van der Waals surface area contributed by atoms with Gasteiger partial charge in [0.05, 0.1) is 16.5 Å². The topological polar surface area (TPSA) is 131 Å². The molecule has 1 unspecified atom stereocenters. The average molecular weight is 321 g/mol. The van der Waals surface area contributed by atoms with Crippen molar-refractivity contribution >= 4 is 23.3 Å². The van der Waals surface area contributed by atoms with Gasteiger partial charge in [0.1, 0.15) is 12.0 Å². The monoisotopic (exact) mass is 321 g/mol. The first-order valence-electron chi connectivity index (χ1n) is 7.11. The molecule has 1 aromatic heterocycles. The molecule has 124 valence electrons. The summed E-state index contributed by atoms with van der Waals surface area (Å²) in [5.74, 6) is -0.671. The van der Waals surface area contributed by atoms with Crippen molar-refractivity contribution in [1.82, 2.24) is 9.88 Å². The number of likely N-dealkylation sites (tertiary alicyclic amines) is 1. The Morgan fingerprint density at radius 1 is 1.52 bits per heavy atom. The normalized spacial score (nSPS) is 18.1. The van der Waals surface area contributed by atoms with Crippen molar-refractivity contribution in [3.05, 3.63) is 27.9 Å². The van der Waals surface area contributed by atoms with Crippen LogP contribution < -0.4 is 11.1 Å². The number of hydrogen-bond acceptors (Lipinski definition) is 6. The van der Waals surface area contributed by atoms with E-state index in [0.717, 1.165) is 12.3 Å². The van der Waals surface area contributed by atoms with Crippen LogP contribution in [0.25, 0.3) is 0 Å². The second-order valence-electron chi connectivity index (χ2n) is 6.43. The van der Waals surface area contributed by atoms with Gasteiger partial charge in [-0.1, -0.05) is 0 Å². The van der Waals surface area contributed by atoms with E-state index >= 15 is 0 Å². The number of nitro groups is 1. The molecule has 0 spiro atoms. The zero-order chi connectivity index (χ0) is 17.4. The molecule has 0 aliphatic carbocycles. The minimum atomic E-state index is -0.819. The van der Waals surface area contributed by atoms with Gasteiger partial charge in [-0.15, -0.1) is 0 Å². The third-order valence-electron chi connectivity index (χ3n) is 3.63. The Morgan fingerprint density at radius 2 is 2.17 bits per heavy atom. The third-order valence-corrected chi connectivity index (χ3v) is 3.63. The van der Waals surface area contributed by atoms with Crippen LogP contribution in [0.2, 0.25) is 0 Å². The lowest BCUT2D eigenvalue weighted by atomic mass is 10.1. The van der Waals surface area contributed by atoms with Crippen LogP contribution in [-0.2, 0) is 4.79 Å². The van der Waals surface area contributed by atoms with Crippen LogP contribution in [-0.4, -0.2) is 44.7 Å². The molecule has 0 saturated carbocycles. The SMILES string of the molecule is CC(C)(C)N1CC(Nc2ncc([N+](=O)[O-])cc2C(N)=O)CC1=O. The molecule has 2 rings (SSSR count). The number of rotatable bonds is 4. The molecule has 9 nitrogen and oxygen atoms in total. The van der Waals surface area contributed by atoms with Crippen LogP contribution in [0.5, 0.6) is 0 Å². The van der Waals surface area contributed by atoms with E-state index in [0.29, 0.717) is 6.54 Å². The van der Waals surface area contributed by atoms with Crippen molar-refractivity contribution in [2.24, 2.45) is 5.73 Å². The summed E-state index contributed by atoms with van der Waals surface area (Å²) in [6.07, 6.45) is 1.31. The standard InChI is InChI=1S/C14H19N5O4/c1-14(2,3)18-7-8(4-11(18)20)17-13-10(12(15)21)5-9(6-16-13)19(22)23/h5-6,8H,4,7H2,1-3H3,(H2,15,21)(H,16,17). The maximum absolute atomic E-state index is 12.1. The number of primary amides is 1. The maximum atomic E-state index is 12.1. The van der Waals surface area contributed by atoms with Gasteiger partial charge in [-0.2, -0.15) is 0 Å². The van der Waals surface area contributed by atoms with E-state index in [1.807, 2.05) is 20.8 Å². The first-order valence-corrected chi connectivity index (χ1v) is 7.11. The lowest BCUT2D eigenvalue weighted by Gasteiger charge is -2.32. The van der Waals surface area contributed by atoms with E-state index in [-0.39, 0.29) is 41.0 Å². The molecule has 3 N–H and O–H groups in total. The number of nitrogens with one attached hydrogen (secondary N) is 1. The lowest BCUT2D eigenvalue weighted by molar-refractivity contribution is -0.385. The van der Waals surface area contributed by atoms with Crippen LogP contribution in [0.15, 0.2) is 12.3 Å². The van der Waals surface area contributed by atoms with Crippen LogP contribution >= 0.6 is 0 Å². The average Bonchev–Trinajstić information content (AvgIpc) is 2.79. The molecular weight excluding hydrogens is 302 g/mol. The molecule has 0 aromatic carbocycles. The summed E-state index contributed by atoms with van der Waals surface area (Å²) in [5, 5.41) is 13.8. The van der Waals surface area contributed by atoms with Crippen LogP contribution in [0.1, 0.15) is 37.6 Å². The van der Waals surface area contributed by atoms with Crippen molar-refractivity contribution in [1.29, 1.82) is 0 Å². The zero-order valence-corrected chi connectivity index (χ0v) is 13.2. The quantitative estimate of drug-likeness (QED) is 0.625. The van der Waals surface area contributed by atoms with E-state index in [4.69, 9.17) is 5.73 Å². The number of amides is 2. The van der Waals surface area contributed by atoms with E-state index in [2.05, 4.69) is 10.3 Å². The third kappa shape index (κ3) is 3.55. The van der Waals surface area contributed by atoms with Gasteiger partial charge in [0.2, 0.25) is 5.91 Å². The fourth-order valence-electron chi connectivity index (χ4n) is 2.50. The van der Waals surface area contributed by atoms with Gasteiger partial charge in [-0.05, 0) is 20.8 Å². The molecule has 1 aliphatic rings. The number of aromatic nitrogens is 1. The highest BCUT2D eigenvalue weighted by Crippen LogP contribution is 2.25. The molecule has 2 amide bonds. The van der Waals surface area contributed by atoms with Gasteiger partial charge in [-0.25, -0.2) is 4.98 Å². The summed E-state index contributed by atoms with van der Waals surface area (Å²) >= 11 is 0. The molecule has 0 bridgehead atoms. The second kappa shape index (κ2) is 5.82. The smallest absolute Gasteiger partial charge is 0.288 e. The molecule has 23 heavy (non-hydrogen) atoms. The van der Waals surface area contributed by atoms with Crippen molar-refractivity contribution < 1.29 is 14.5 Å². The van der Waals surface area contributed by atoms with Crippen molar-refractivity contribution in [3.63, 3.8) is 0 Å². The van der Waals surface area contributed by atoms with Crippen molar-refractivity contribution in [2.45, 2.75) is 38.8 Å². The predicted molar refractivity (Wildman–Crippen MR) is 82.9 cm³/mol. The zero-order valence-electron chi connectivity index (χ0n) is 13.2. The Hall–Kier alpha value is -2.71. The highest BCUT2D eigenvalue weighted by molar-refractivity contribution is 5.98. The Labute approximate surface area is 133 Å². The Kier molecular flexibility index (Phi) is 4.22. The van der Waals surface area contributed by atoms with Gasteiger partial charge in [-0.3, -0.25) is 19.7 Å². The second-order valence-corrected chi connectivity index (χ2v) is 6.43. The molecule has 1 fully saturated rings. The summed E-state index contributed by atoms with van der Waals surface area (Å²) in [6.45, 7) is 6.27. The minimum Gasteiger partial charge on any atom is -0.365 e. The number of carbonyl (C=O) groups excluding carboxylic acids is 2. The van der Waals surface area contributed by atoms with E-state index < -0.39 is 10.8 Å². The molecule has 1 atom stereocenters. The van der Waals surface area contributed by atoms with Crippen molar-refractivity contribution in [2.75, 3.05) is 11.9 Å². The largest absolute Gasteiger partial charge is 0.365 e. The number of hydrogen-bond donors (Lipinski definition) is 2. The number of anilines is 1. The highest BCUT2D eigenvalue weighted by atomic mass is 16.6. The molecule has 1 saturated heterocycles. The summed E-state index contributed by atoms with van der Waals surface area (Å²) < 4.78 is 0. The van der Waals surface area contributed by atoms with Crippen LogP contribution in [0, 0.1) is 10.1 Å². The number of nitrogens with zero attached hydrogens (tertiary/aromatic N) is 3. The summed E-state index contributed by atoms with van der Waals surface area (Å²) in [4.78, 5) is 39.3. The molecule has 1 aliphatic heterocycles. The van der Waals surface area contributed by atoms with E-state index in [1.54, 1.807) is 4.90 Å². The summed E-state index contributed by atoms with van der Waals surface area (Å²) in [7, 11) is 0. The Bertz CT molecular complexity index is 668. The Morgan fingerprint density at radius 3 is 2.65 bits per heavy atom. The molecule has 2 heterocycles.